The van der Waals surface area contributed by atoms with Crippen LogP contribution in [-0.4, -0.2) is 37.6 Å². The van der Waals surface area contributed by atoms with Gasteiger partial charge in [0.2, 0.25) is 0 Å². The maximum Gasteiger partial charge on any atom is 0.296 e. The van der Waals surface area contributed by atoms with Crippen molar-refractivity contribution in [3.05, 3.63) is 81.4 Å². The van der Waals surface area contributed by atoms with Gasteiger partial charge in [-0.2, -0.15) is 0 Å². The summed E-state index contributed by atoms with van der Waals surface area (Å²) in [5, 5.41) is 16.3. The van der Waals surface area contributed by atoms with Crippen molar-refractivity contribution in [2.24, 2.45) is 0 Å². The summed E-state index contributed by atoms with van der Waals surface area (Å²) in [5.74, 6) is 0.456. The minimum Gasteiger partial charge on any atom is -0.496 e. The van der Waals surface area contributed by atoms with Gasteiger partial charge in [0, 0.05) is 23.6 Å². The fourth-order valence-corrected chi connectivity index (χ4v) is 6.26. The van der Waals surface area contributed by atoms with Crippen molar-refractivity contribution >= 4 is 23.0 Å². The number of hydrogen-bond donors (Lipinski definition) is 1. The van der Waals surface area contributed by atoms with Crippen molar-refractivity contribution in [2.45, 2.75) is 64.1 Å². The highest BCUT2D eigenvalue weighted by Crippen LogP contribution is 2.45. The number of thiocarbonyl (C=S) groups is 1. The predicted octanol–water partition coefficient (Wildman–Crippen LogP) is 5.71. The lowest BCUT2D eigenvalue weighted by atomic mass is 9.90. The second-order valence-electron chi connectivity index (χ2n) is 9.60. The molecule has 0 radical (unpaired) electrons. The van der Waals surface area contributed by atoms with E-state index in [9.17, 15) is 10.1 Å². The van der Waals surface area contributed by atoms with E-state index in [0.717, 1.165) is 40.6 Å². The lowest BCUT2D eigenvalue weighted by Gasteiger charge is -2.37. The predicted molar refractivity (Wildman–Crippen MR) is 143 cm³/mol. The van der Waals surface area contributed by atoms with Crippen molar-refractivity contribution in [1.82, 2.24) is 19.8 Å². The highest BCUT2D eigenvalue weighted by atomic mass is 32.1. The van der Waals surface area contributed by atoms with E-state index in [2.05, 4.69) is 21.3 Å². The molecule has 3 aromatic rings. The molecule has 1 aromatic carbocycles. The molecule has 5 rings (SSSR count). The highest BCUT2D eigenvalue weighted by molar-refractivity contribution is 7.80. The third-order valence-electron chi connectivity index (χ3n) is 7.51. The van der Waals surface area contributed by atoms with Gasteiger partial charge < -0.3 is 19.5 Å². The molecular formula is C27H31N5O3S. The van der Waals surface area contributed by atoms with Crippen LogP contribution in [0.1, 0.15) is 66.8 Å². The van der Waals surface area contributed by atoms with Crippen LogP contribution >= 0.6 is 12.2 Å². The number of nitrogens with zero attached hydrogens (tertiary/aromatic N) is 4. The summed E-state index contributed by atoms with van der Waals surface area (Å²) in [6.07, 6.45) is 7.68. The van der Waals surface area contributed by atoms with Gasteiger partial charge >= 0.3 is 0 Å². The second-order valence-corrected chi connectivity index (χ2v) is 9.99. The van der Waals surface area contributed by atoms with Crippen molar-refractivity contribution in [1.29, 1.82) is 0 Å². The fourth-order valence-electron chi connectivity index (χ4n) is 5.87. The molecule has 188 valence electrons. The number of rotatable bonds is 6. The van der Waals surface area contributed by atoms with Gasteiger partial charge in [0.15, 0.2) is 5.11 Å². The molecule has 9 heteroatoms. The van der Waals surface area contributed by atoms with Crippen molar-refractivity contribution in [3.8, 4) is 11.4 Å². The lowest BCUT2D eigenvalue weighted by molar-refractivity contribution is -0.384. The Morgan fingerprint density at radius 2 is 1.92 bits per heavy atom. The van der Waals surface area contributed by atoms with Crippen LogP contribution in [0.3, 0.4) is 0 Å². The molecule has 0 amide bonds. The number of nitrogens with one attached hydrogen (secondary N) is 1. The number of ether oxygens (including phenoxy) is 1. The van der Waals surface area contributed by atoms with Gasteiger partial charge in [-0.05, 0) is 74.8 Å². The molecule has 36 heavy (non-hydrogen) atoms. The van der Waals surface area contributed by atoms with E-state index in [-0.39, 0.29) is 22.7 Å². The van der Waals surface area contributed by atoms with E-state index >= 15 is 0 Å². The molecule has 2 aromatic heterocycles. The molecule has 1 aliphatic heterocycles. The third kappa shape index (κ3) is 4.21. The van der Waals surface area contributed by atoms with E-state index in [0.29, 0.717) is 17.5 Å². The first kappa shape index (κ1) is 24.2. The second kappa shape index (κ2) is 9.89. The van der Waals surface area contributed by atoms with Crippen LogP contribution in [-0.2, 0) is 0 Å². The van der Waals surface area contributed by atoms with Crippen LogP contribution < -0.4 is 10.1 Å². The Kier molecular flexibility index (Phi) is 6.66. The summed E-state index contributed by atoms with van der Waals surface area (Å²) in [5.41, 5.74) is 4.45. The van der Waals surface area contributed by atoms with Crippen LogP contribution in [0.4, 0.5) is 5.69 Å². The Labute approximate surface area is 216 Å². The summed E-state index contributed by atoms with van der Waals surface area (Å²) in [7, 11) is 1.51. The Morgan fingerprint density at radius 1 is 1.14 bits per heavy atom. The number of nitro benzene ring substituents is 1. The number of hydrogen-bond acceptors (Lipinski definition) is 5. The van der Waals surface area contributed by atoms with Gasteiger partial charge in [0.05, 0.1) is 35.9 Å². The molecule has 0 unspecified atom stereocenters. The van der Waals surface area contributed by atoms with Crippen molar-refractivity contribution < 1.29 is 9.66 Å². The average Bonchev–Trinajstić information content (AvgIpc) is 3.39. The monoisotopic (exact) mass is 505 g/mol. The van der Waals surface area contributed by atoms with E-state index in [1.807, 2.05) is 42.8 Å². The standard InChI is InChI=1S/C27H31N5O3S/c1-17-15-21(18(2)30(17)23-13-12-20(35-3)16-24(23)32(33)34)26-25(22-11-7-8-14-28-22)29-27(36)31(26)19-9-5-4-6-10-19/h7-8,11-16,19,25-26H,4-6,9-10H2,1-3H3,(H,29,36)/t25-,26+/m1/s1. The zero-order chi connectivity index (χ0) is 25.4. The zero-order valence-electron chi connectivity index (χ0n) is 20.8. The molecule has 8 nitrogen and oxygen atoms in total. The van der Waals surface area contributed by atoms with E-state index in [1.54, 1.807) is 12.1 Å². The van der Waals surface area contributed by atoms with E-state index < -0.39 is 0 Å². The first-order valence-corrected chi connectivity index (χ1v) is 12.8. The minimum absolute atomic E-state index is 0.00757. The summed E-state index contributed by atoms with van der Waals surface area (Å²) in [6, 6.07) is 13.3. The van der Waals surface area contributed by atoms with E-state index in [1.165, 1.54) is 32.4 Å². The SMILES string of the molecule is COc1ccc(-n2c(C)cc([C@H]3[C@@H](c4ccccn4)NC(=S)N3C3CCCCC3)c2C)c([N+](=O)[O-])c1. The molecule has 1 saturated carbocycles. The molecule has 2 fully saturated rings. The number of nitro groups is 1. The molecule has 2 atom stereocenters. The van der Waals surface area contributed by atoms with Crippen LogP contribution in [0.2, 0.25) is 0 Å². The molecule has 2 aliphatic rings. The zero-order valence-corrected chi connectivity index (χ0v) is 21.6. The topological polar surface area (TPSA) is 85.5 Å². The first-order valence-electron chi connectivity index (χ1n) is 12.4. The number of aromatic nitrogens is 2. The summed E-state index contributed by atoms with van der Waals surface area (Å²) < 4.78 is 7.22. The van der Waals surface area contributed by atoms with Crippen molar-refractivity contribution in [3.63, 3.8) is 0 Å². The van der Waals surface area contributed by atoms with Crippen LogP contribution in [0, 0.1) is 24.0 Å². The van der Waals surface area contributed by atoms with E-state index in [4.69, 9.17) is 17.0 Å². The normalized spacial score (nSPS) is 20.4. The Balaban J connectivity index is 1.65. The molecule has 0 spiro atoms. The molecule has 1 aliphatic carbocycles. The van der Waals surface area contributed by atoms with Gasteiger partial charge in [0.1, 0.15) is 11.4 Å². The Bertz CT molecular complexity index is 1290. The van der Waals surface area contributed by atoms with Gasteiger partial charge in [-0.3, -0.25) is 15.1 Å². The maximum atomic E-state index is 12.0. The van der Waals surface area contributed by atoms with Crippen LogP contribution in [0.5, 0.6) is 5.75 Å². The van der Waals surface area contributed by atoms with Crippen LogP contribution in [0.15, 0.2) is 48.7 Å². The first-order chi connectivity index (χ1) is 17.4. The number of aryl methyl sites for hydroxylation is 1. The summed E-state index contributed by atoms with van der Waals surface area (Å²) in [4.78, 5) is 18.7. The number of pyridine rings is 1. The third-order valence-corrected chi connectivity index (χ3v) is 7.84. The van der Waals surface area contributed by atoms with Gasteiger partial charge in [-0.1, -0.05) is 25.3 Å². The Hall–Kier alpha value is -3.46. The minimum atomic E-state index is -0.353. The smallest absolute Gasteiger partial charge is 0.296 e. The van der Waals surface area contributed by atoms with Crippen molar-refractivity contribution in [2.75, 3.05) is 7.11 Å². The molecule has 0 bridgehead atoms. The number of methoxy groups -OCH3 is 1. The van der Waals surface area contributed by atoms with Gasteiger partial charge in [0.25, 0.3) is 5.69 Å². The highest BCUT2D eigenvalue weighted by Gasteiger charge is 2.44. The molecular weight excluding hydrogens is 474 g/mol. The van der Waals surface area contributed by atoms with Crippen LogP contribution in [0.25, 0.3) is 5.69 Å². The Morgan fingerprint density at radius 3 is 2.58 bits per heavy atom. The van der Waals surface area contributed by atoms with Gasteiger partial charge in [-0.15, -0.1) is 0 Å². The summed E-state index contributed by atoms with van der Waals surface area (Å²) >= 11 is 5.91. The fraction of sp³-hybridized carbons (Fsp3) is 0.407. The molecule has 1 N–H and O–H groups in total. The lowest BCUT2D eigenvalue weighted by Crippen LogP contribution is -2.40. The summed E-state index contributed by atoms with van der Waals surface area (Å²) in [6.45, 7) is 4.03. The maximum absolute atomic E-state index is 12.0. The quantitative estimate of drug-likeness (QED) is 0.261. The largest absolute Gasteiger partial charge is 0.496 e. The average molecular weight is 506 g/mol. The van der Waals surface area contributed by atoms with Gasteiger partial charge in [-0.25, -0.2) is 0 Å². The molecule has 3 heterocycles. The number of benzene rings is 1. The molecule has 1 saturated heterocycles.